The van der Waals surface area contributed by atoms with E-state index >= 15 is 0 Å². The van der Waals surface area contributed by atoms with Crippen LogP contribution in [0.15, 0.2) is 0 Å². The summed E-state index contributed by atoms with van der Waals surface area (Å²) in [6.07, 6.45) is 7.69. The van der Waals surface area contributed by atoms with Crippen LogP contribution in [0.2, 0.25) is 0 Å². The maximum absolute atomic E-state index is 12.5. The van der Waals surface area contributed by atoms with E-state index in [-0.39, 0.29) is 5.91 Å². The minimum atomic E-state index is -0.723. The quantitative estimate of drug-likeness (QED) is 0.849. The minimum Gasteiger partial charge on any atom is -0.387 e. The Morgan fingerprint density at radius 3 is 2.59 bits per heavy atom. The molecule has 0 radical (unpaired) electrons. The van der Waals surface area contributed by atoms with Crippen molar-refractivity contribution in [3.8, 4) is 0 Å². The minimum absolute atomic E-state index is 0.254. The highest BCUT2D eigenvalue weighted by Gasteiger charge is 2.39. The van der Waals surface area contributed by atoms with Crippen molar-refractivity contribution in [3.05, 3.63) is 0 Å². The number of carbonyl (C=O) groups excluding carboxylic acids is 1. The molecule has 0 aromatic heterocycles. The maximum atomic E-state index is 12.5. The summed E-state index contributed by atoms with van der Waals surface area (Å²) < 4.78 is 5.35. The fourth-order valence-corrected chi connectivity index (χ4v) is 4.14. The van der Waals surface area contributed by atoms with Gasteiger partial charge in [0.1, 0.15) is 0 Å². The van der Waals surface area contributed by atoms with Gasteiger partial charge in [-0.15, -0.1) is 0 Å². The standard InChI is InChI=1S/C17H30N2O3/c20-16(12-15-4-2-1-3-5-15)19-7-6-17(21,14-19)13-18-8-10-22-11-9-18/h15,21H,1-14H2/t17-/m1/s1. The number of β-amino-alcohol motifs (C(OH)–C–C–N with tert-alkyl or cyclic N) is 1. The molecule has 2 saturated heterocycles. The number of carbonyl (C=O) groups is 1. The molecule has 3 fully saturated rings. The Hall–Kier alpha value is -0.650. The molecule has 0 aromatic carbocycles. The lowest BCUT2D eigenvalue weighted by Gasteiger charge is -2.33. The molecule has 22 heavy (non-hydrogen) atoms. The topological polar surface area (TPSA) is 53.0 Å². The molecule has 1 atom stereocenters. The van der Waals surface area contributed by atoms with Crippen LogP contribution in [0.3, 0.4) is 0 Å². The van der Waals surface area contributed by atoms with Crippen molar-refractivity contribution < 1.29 is 14.6 Å². The second-order valence-electron chi connectivity index (χ2n) is 7.39. The molecule has 3 aliphatic rings. The van der Waals surface area contributed by atoms with Crippen LogP contribution in [0.25, 0.3) is 0 Å². The van der Waals surface area contributed by atoms with Crippen LogP contribution < -0.4 is 0 Å². The van der Waals surface area contributed by atoms with Gasteiger partial charge >= 0.3 is 0 Å². The van der Waals surface area contributed by atoms with E-state index in [0.717, 1.165) is 26.3 Å². The Morgan fingerprint density at radius 1 is 1.14 bits per heavy atom. The van der Waals surface area contributed by atoms with Crippen LogP contribution in [0.5, 0.6) is 0 Å². The summed E-state index contributed by atoms with van der Waals surface area (Å²) in [7, 11) is 0. The molecule has 0 spiro atoms. The van der Waals surface area contributed by atoms with Crippen LogP contribution >= 0.6 is 0 Å². The average molecular weight is 310 g/mol. The smallest absolute Gasteiger partial charge is 0.222 e. The summed E-state index contributed by atoms with van der Waals surface area (Å²) in [6, 6.07) is 0. The molecule has 5 nitrogen and oxygen atoms in total. The van der Waals surface area contributed by atoms with Crippen LogP contribution in [0, 0.1) is 5.92 Å². The highest BCUT2D eigenvalue weighted by atomic mass is 16.5. The average Bonchev–Trinajstić information content (AvgIpc) is 2.91. The van der Waals surface area contributed by atoms with Gasteiger partial charge in [0, 0.05) is 32.6 Å². The van der Waals surface area contributed by atoms with Gasteiger partial charge in [-0.1, -0.05) is 19.3 Å². The molecule has 2 aliphatic heterocycles. The predicted octanol–water partition coefficient (Wildman–Crippen LogP) is 1.25. The Balaban J connectivity index is 1.46. The van der Waals surface area contributed by atoms with Crippen molar-refractivity contribution in [2.24, 2.45) is 5.92 Å². The Bertz CT molecular complexity index is 378. The van der Waals surface area contributed by atoms with Crippen molar-refractivity contribution in [1.29, 1.82) is 0 Å². The molecule has 1 N–H and O–H groups in total. The van der Waals surface area contributed by atoms with Gasteiger partial charge in [-0.05, 0) is 25.2 Å². The van der Waals surface area contributed by atoms with Crippen LogP contribution in [-0.4, -0.2) is 72.4 Å². The first-order valence-corrected chi connectivity index (χ1v) is 8.95. The summed E-state index contributed by atoms with van der Waals surface area (Å²) >= 11 is 0. The molecule has 0 bridgehead atoms. The van der Waals surface area contributed by atoms with Crippen LogP contribution in [0.1, 0.15) is 44.9 Å². The first-order chi connectivity index (χ1) is 10.6. The number of hydrogen-bond donors (Lipinski definition) is 1. The van der Waals surface area contributed by atoms with Crippen molar-refractivity contribution in [2.45, 2.75) is 50.5 Å². The van der Waals surface area contributed by atoms with Gasteiger partial charge in [-0.2, -0.15) is 0 Å². The lowest BCUT2D eigenvalue weighted by atomic mass is 9.87. The van der Waals surface area contributed by atoms with Gasteiger partial charge in [0.25, 0.3) is 0 Å². The first kappa shape index (κ1) is 16.2. The van der Waals surface area contributed by atoms with E-state index in [1.807, 2.05) is 4.90 Å². The Labute approximate surface area is 133 Å². The van der Waals surface area contributed by atoms with E-state index in [1.54, 1.807) is 0 Å². The van der Waals surface area contributed by atoms with Crippen LogP contribution in [0.4, 0.5) is 0 Å². The monoisotopic (exact) mass is 310 g/mol. The number of ether oxygens (including phenoxy) is 1. The van der Waals surface area contributed by atoms with Crippen molar-refractivity contribution >= 4 is 5.91 Å². The molecule has 2 heterocycles. The van der Waals surface area contributed by atoms with Gasteiger partial charge in [0.05, 0.1) is 25.4 Å². The largest absolute Gasteiger partial charge is 0.387 e. The van der Waals surface area contributed by atoms with Gasteiger partial charge in [0.15, 0.2) is 0 Å². The molecular formula is C17H30N2O3. The summed E-state index contributed by atoms with van der Waals surface area (Å²) in [5, 5.41) is 10.8. The van der Waals surface area contributed by atoms with E-state index in [2.05, 4.69) is 4.90 Å². The van der Waals surface area contributed by atoms with Gasteiger partial charge in [-0.25, -0.2) is 0 Å². The SMILES string of the molecule is O=C(CC1CCCCC1)N1CC[C@@](O)(CN2CCOCC2)C1. The number of hydrogen-bond acceptors (Lipinski definition) is 4. The molecule has 5 heteroatoms. The lowest BCUT2D eigenvalue weighted by Crippen LogP contribution is -2.49. The first-order valence-electron chi connectivity index (χ1n) is 8.95. The number of amides is 1. The molecule has 1 amide bonds. The fraction of sp³-hybridized carbons (Fsp3) is 0.941. The van der Waals surface area contributed by atoms with E-state index in [4.69, 9.17) is 4.74 Å². The summed E-state index contributed by atoms with van der Waals surface area (Å²) in [5.74, 6) is 0.832. The van der Waals surface area contributed by atoms with Gasteiger partial charge in [-0.3, -0.25) is 9.69 Å². The Kier molecular flexibility index (Phi) is 5.37. The van der Waals surface area contributed by atoms with Crippen molar-refractivity contribution in [3.63, 3.8) is 0 Å². The second-order valence-corrected chi connectivity index (χ2v) is 7.39. The van der Waals surface area contributed by atoms with Crippen molar-refractivity contribution in [2.75, 3.05) is 45.9 Å². The molecule has 126 valence electrons. The predicted molar refractivity (Wildman–Crippen MR) is 84.6 cm³/mol. The maximum Gasteiger partial charge on any atom is 0.222 e. The number of aliphatic hydroxyl groups is 1. The normalized spacial score (nSPS) is 31.6. The zero-order valence-corrected chi connectivity index (χ0v) is 13.6. The van der Waals surface area contributed by atoms with E-state index in [1.165, 1.54) is 32.1 Å². The lowest BCUT2D eigenvalue weighted by molar-refractivity contribution is -0.132. The molecule has 0 unspecified atom stereocenters. The zero-order valence-electron chi connectivity index (χ0n) is 13.6. The highest BCUT2D eigenvalue weighted by Crippen LogP contribution is 2.29. The van der Waals surface area contributed by atoms with E-state index in [0.29, 0.717) is 38.4 Å². The van der Waals surface area contributed by atoms with E-state index in [9.17, 15) is 9.90 Å². The zero-order chi connectivity index (χ0) is 15.4. The number of rotatable bonds is 4. The Morgan fingerprint density at radius 2 is 1.86 bits per heavy atom. The number of morpholine rings is 1. The van der Waals surface area contributed by atoms with Gasteiger partial charge in [0.2, 0.25) is 5.91 Å². The summed E-state index contributed by atoms with van der Waals surface area (Å²) in [5.41, 5.74) is -0.723. The van der Waals surface area contributed by atoms with Gasteiger partial charge < -0.3 is 14.7 Å². The summed E-state index contributed by atoms with van der Waals surface area (Å²) in [4.78, 5) is 16.6. The molecule has 0 aromatic rings. The highest BCUT2D eigenvalue weighted by molar-refractivity contribution is 5.77. The number of likely N-dealkylation sites (tertiary alicyclic amines) is 1. The third-order valence-corrected chi connectivity index (χ3v) is 5.49. The molecule has 1 aliphatic carbocycles. The third kappa shape index (κ3) is 4.21. The number of nitrogens with zero attached hydrogens (tertiary/aromatic N) is 2. The molecular weight excluding hydrogens is 280 g/mol. The van der Waals surface area contributed by atoms with Crippen LogP contribution in [-0.2, 0) is 9.53 Å². The summed E-state index contributed by atoms with van der Waals surface area (Å²) in [6.45, 7) is 5.17. The second kappa shape index (κ2) is 7.28. The fourth-order valence-electron chi connectivity index (χ4n) is 4.14. The van der Waals surface area contributed by atoms with Crippen molar-refractivity contribution in [1.82, 2.24) is 9.80 Å². The molecule has 3 rings (SSSR count). The third-order valence-electron chi connectivity index (χ3n) is 5.49. The van der Waals surface area contributed by atoms with E-state index < -0.39 is 5.60 Å². The molecule has 1 saturated carbocycles.